The normalized spacial score (nSPS) is 13.3. The predicted molar refractivity (Wildman–Crippen MR) is 89.5 cm³/mol. The van der Waals surface area contributed by atoms with Crippen LogP contribution in [-0.4, -0.2) is 12.0 Å². The summed E-state index contributed by atoms with van der Waals surface area (Å²) in [5, 5.41) is 3.43. The molecule has 0 aromatic heterocycles. The van der Waals surface area contributed by atoms with E-state index < -0.39 is 6.10 Å². The van der Waals surface area contributed by atoms with Crippen molar-refractivity contribution in [2.75, 3.05) is 0 Å². The van der Waals surface area contributed by atoms with E-state index in [0.29, 0.717) is 10.8 Å². The number of carbonyl (C=O) groups is 1. The van der Waals surface area contributed by atoms with Crippen LogP contribution in [0.5, 0.6) is 5.75 Å². The fourth-order valence-corrected chi connectivity index (χ4v) is 2.32. The number of amides is 1. The lowest BCUT2D eigenvalue weighted by molar-refractivity contribution is -0.127. The first-order valence-electron chi connectivity index (χ1n) is 7.05. The summed E-state index contributed by atoms with van der Waals surface area (Å²) in [6.45, 7) is 3.42. The molecule has 0 heterocycles. The van der Waals surface area contributed by atoms with Crippen LogP contribution in [0.3, 0.4) is 0 Å². The Morgan fingerprint density at radius 1 is 1.13 bits per heavy atom. The minimum absolute atomic E-state index is 0.264. The Labute approximate surface area is 144 Å². The molecule has 23 heavy (non-hydrogen) atoms. The van der Waals surface area contributed by atoms with Gasteiger partial charge in [0.1, 0.15) is 16.6 Å². The van der Waals surface area contributed by atoms with Crippen molar-refractivity contribution in [1.29, 1.82) is 0 Å². The molecule has 2 aromatic carbocycles. The number of nitrogens with one attached hydrogen (secondary N) is 1. The van der Waals surface area contributed by atoms with E-state index in [1.807, 2.05) is 6.92 Å². The Kier molecular flexibility index (Phi) is 5.85. The fourth-order valence-electron chi connectivity index (χ4n) is 1.98. The Hall–Kier alpha value is -1.78. The van der Waals surface area contributed by atoms with E-state index in [2.05, 4.69) is 5.32 Å². The SMILES string of the molecule is C[C@@H](Oc1cccc(Cl)c1Cl)C(=O)N[C@H](C)c1ccc(F)cc1. The summed E-state index contributed by atoms with van der Waals surface area (Å²) in [5.74, 6) is -0.284. The highest BCUT2D eigenvalue weighted by Crippen LogP contribution is 2.32. The van der Waals surface area contributed by atoms with E-state index in [-0.39, 0.29) is 22.8 Å². The molecule has 2 aromatic rings. The maximum atomic E-state index is 12.9. The number of ether oxygens (including phenoxy) is 1. The molecule has 0 spiro atoms. The van der Waals surface area contributed by atoms with Gasteiger partial charge in [0.25, 0.3) is 5.91 Å². The third-order valence-corrected chi connectivity index (χ3v) is 4.12. The highest BCUT2D eigenvalue weighted by molar-refractivity contribution is 6.42. The van der Waals surface area contributed by atoms with Crippen LogP contribution < -0.4 is 10.1 Å². The van der Waals surface area contributed by atoms with Crippen molar-refractivity contribution >= 4 is 29.1 Å². The molecule has 0 radical (unpaired) electrons. The van der Waals surface area contributed by atoms with Gasteiger partial charge in [-0.1, -0.05) is 41.4 Å². The summed E-state index contributed by atoms with van der Waals surface area (Å²) >= 11 is 11.9. The highest BCUT2D eigenvalue weighted by atomic mass is 35.5. The molecule has 122 valence electrons. The van der Waals surface area contributed by atoms with Crippen molar-refractivity contribution in [3.05, 3.63) is 63.9 Å². The first-order valence-corrected chi connectivity index (χ1v) is 7.80. The number of rotatable bonds is 5. The average molecular weight is 356 g/mol. The summed E-state index contributed by atoms with van der Waals surface area (Å²) in [7, 11) is 0. The average Bonchev–Trinajstić information content (AvgIpc) is 2.52. The molecular formula is C17H16Cl2FNO2. The van der Waals surface area contributed by atoms with Gasteiger partial charge in [-0.15, -0.1) is 0 Å². The molecule has 0 fully saturated rings. The Bertz CT molecular complexity index is 691. The van der Waals surface area contributed by atoms with E-state index >= 15 is 0 Å². The summed E-state index contributed by atoms with van der Waals surface area (Å²) in [6.07, 6.45) is -0.756. The molecule has 6 heteroatoms. The molecule has 0 saturated carbocycles. The Morgan fingerprint density at radius 2 is 1.78 bits per heavy atom. The molecule has 2 rings (SSSR count). The third-order valence-electron chi connectivity index (χ3n) is 3.32. The van der Waals surface area contributed by atoms with Gasteiger partial charge in [0.15, 0.2) is 6.10 Å². The molecule has 0 saturated heterocycles. The molecule has 0 aliphatic rings. The molecule has 0 unspecified atom stereocenters. The van der Waals surface area contributed by atoms with E-state index in [1.165, 1.54) is 12.1 Å². The largest absolute Gasteiger partial charge is 0.479 e. The monoisotopic (exact) mass is 355 g/mol. The minimum Gasteiger partial charge on any atom is -0.479 e. The van der Waals surface area contributed by atoms with Gasteiger partial charge in [-0.05, 0) is 43.7 Å². The maximum Gasteiger partial charge on any atom is 0.261 e. The van der Waals surface area contributed by atoms with E-state index in [4.69, 9.17) is 27.9 Å². The van der Waals surface area contributed by atoms with Crippen molar-refractivity contribution in [1.82, 2.24) is 5.32 Å². The number of benzene rings is 2. The van der Waals surface area contributed by atoms with Gasteiger partial charge < -0.3 is 10.1 Å². The smallest absolute Gasteiger partial charge is 0.261 e. The zero-order chi connectivity index (χ0) is 17.0. The molecule has 1 amide bonds. The first kappa shape index (κ1) is 17.6. The van der Waals surface area contributed by atoms with Crippen LogP contribution in [0.1, 0.15) is 25.5 Å². The molecule has 1 N–H and O–H groups in total. The van der Waals surface area contributed by atoms with E-state index in [0.717, 1.165) is 5.56 Å². The van der Waals surface area contributed by atoms with Gasteiger partial charge in [0.05, 0.1) is 11.1 Å². The molecule has 3 nitrogen and oxygen atoms in total. The van der Waals surface area contributed by atoms with Crippen LogP contribution in [0.25, 0.3) is 0 Å². The number of carbonyl (C=O) groups excluding carboxylic acids is 1. The molecule has 0 aliphatic carbocycles. The lowest BCUT2D eigenvalue weighted by Gasteiger charge is -2.19. The van der Waals surface area contributed by atoms with Crippen LogP contribution in [0.2, 0.25) is 10.0 Å². The van der Waals surface area contributed by atoms with Crippen LogP contribution in [-0.2, 0) is 4.79 Å². The topological polar surface area (TPSA) is 38.3 Å². The lowest BCUT2D eigenvalue weighted by Crippen LogP contribution is -2.37. The van der Waals surface area contributed by atoms with Crippen molar-refractivity contribution in [2.45, 2.75) is 26.0 Å². The van der Waals surface area contributed by atoms with Crippen molar-refractivity contribution in [3.8, 4) is 5.75 Å². The molecule has 0 aliphatic heterocycles. The summed E-state index contributed by atoms with van der Waals surface area (Å²) in [6, 6.07) is 10.6. The zero-order valence-corrected chi connectivity index (χ0v) is 14.2. The van der Waals surface area contributed by atoms with Crippen molar-refractivity contribution in [3.63, 3.8) is 0 Å². The maximum absolute atomic E-state index is 12.9. The van der Waals surface area contributed by atoms with Crippen LogP contribution >= 0.6 is 23.2 Å². The zero-order valence-electron chi connectivity index (χ0n) is 12.6. The number of halogens is 3. The summed E-state index contributed by atoms with van der Waals surface area (Å²) in [4.78, 5) is 12.2. The predicted octanol–water partition coefficient (Wildman–Crippen LogP) is 4.78. The second-order valence-electron chi connectivity index (χ2n) is 5.09. The summed E-state index contributed by atoms with van der Waals surface area (Å²) < 4.78 is 18.5. The van der Waals surface area contributed by atoms with Crippen molar-refractivity contribution < 1.29 is 13.9 Å². The van der Waals surface area contributed by atoms with Gasteiger partial charge in [0.2, 0.25) is 0 Å². The third kappa shape index (κ3) is 4.60. The second-order valence-corrected chi connectivity index (χ2v) is 5.88. The fraction of sp³-hybridized carbons (Fsp3) is 0.235. The van der Waals surface area contributed by atoms with Crippen LogP contribution in [0.4, 0.5) is 4.39 Å². The molecule has 2 atom stereocenters. The van der Waals surface area contributed by atoms with E-state index in [9.17, 15) is 9.18 Å². The number of hydrogen-bond acceptors (Lipinski definition) is 2. The van der Waals surface area contributed by atoms with Gasteiger partial charge in [0, 0.05) is 0 Å². The quantitative estimate of drug-likeness (QED) is 0.838. The lowest BCUT2D eigenvalue weighted by atomic mass is 10.1. The first-order chi connectivity index (χ1) is 10.9. The minimum atomic E-state index is -0.756. The number of hydrogen-bond donors (Lipinski definition) is 1. The van der Waals surface area contributed by atoms with Gasteiger partial charge in [-0.2, -0.15) is 0 Å². The standard InChI is InChI=1S/C17H16Cl2FNO2/c1-10(12-6-8-13(20)9-7-12)21-17(22)11(2)23-15-5-3-4-14(18)16(15)19/h3-11H,1-2H3,(H,21,22)/t10-,11-/m1/s1. The van der Waals surface area contributed by atoms with Gasteiger partial charge >= 0.3 is 0 Å². The van der Waals surface area contributed by atoms with Crippen LogP contribution in [0, 0.1) is 5.82 Å². The van der Waals surface area contributed by atoms with Gasteiger partial charge in [-0.25, -0.2) is 4.39 Å². The molecular weight excluding hydrogens is 340 g/mol. The second kappa shape index (κ2) is 7.66. The van der Waals surface area contributed by atoms with E-state index in [1.54, 1.807) is 37.3 Å². The van der Waals surface area contributed by atoms with Crippen molar-refractivity contribution in [2.24, 2.45) is 0 Å². The Morgan fingerprint density at radius 3 is 2.43 bits per heavy atom. The van der Waals surface area contributed by atoms with Crippen LogP contribution in [0.15, 0.2) is 42.5 Å². The van der Waals surface area contributed by atoms with Gasteiger partial charge in [-0.3, -0.25) is 4.79 Å². The molecule has 0 bridgehead atoms. The highest BCUT2D eigenvalue weighted by Gasteiger charge is 2.19. The summed E-state index contributed by atoms with van der Waals surface area (Å²) in [5.41, 5.74) is 0.799. The Balaban J connectivity index is 1.99.